The van der Waals surface area contributed by atoms with E-state index in [1.807, 2.05) is 0 Å². The standard InChI is InChI=1S/C7H14Si/c1-3-5-6-7-8-4-2/h2H,3,5-8H2,1H3. The first-order valence-electron chi connectivity index (χ1n) is 3.35. The van der Waals surface area contributed by atoms with E-state index in [0.717, 1.165) is 0 Å². The summed E-state index contributed by atoms with van der Waals surface area (Å²) in [6.45, 7) is 2.22. The van der Waals surface area contributed by atoms with Crippen molar-refractivity contribution in [2.75, 3.05) is 0 Å². The summed E-state index contributed by atoms with van der Waals surface area (Å²) in [4.78, 5) is 0. The zero-order valence-electron chi connectivity index (χ0n) is 5.61. The highest BCUT2D eigenvalue weighted by molar-refractivity contribution is 6.45. The van der Waals surface area contributed by atoms with Crippen LogP contribution in [0, 0.1) is 12.0 Å². The van der Waals surface area contributed by atoms with Gasteiger partial charge < -0.3 is 0 Å². The molecule has 0 aliphatic carbocycles. The number of rotatable bonds is 4. The molecule has 0 unspecified atom stereocenters. The maximum Gasteiger partial charge on any atom is 0.106 e. The predicted molar refractivity (Wildman–Crippen MR) is 41.7 cm³/mol. The Hall–Kier alpha value is -0.223. The van der Waals surface area contributed by atoms with E-state index in [1.54, 1.807) is 0 Å². The Morgan fingerprint density at radius 1 is 1.50 bits per heavy atom. The second kappa shape index (κ2) is 6.78. The van der Waals surface area contributed by atoms with Gasteiger partial charge in [0.05, 0.1) is 0 Å². The molecule has 0 aromatic heterocycles. The average Bonchev–Trinajstić information content (AvgIpc) is 1.81. The maximum atomic E-state index is 5.12. The topological polar surface area (TPSA) is 0 Å². The molecule has 0 aromatic rings. The lowest BCUT2D eigenvalue weighted by atomic mass is 10.3. The minimum absolute atomic E-state index is 0.0708. The summed E-state index contributed by atoms with van der Waals surface area (Å²) in [6, 6.07) is 1.35. The molecule has 0 atom stereocenters. The van der Waals surface area contributed by atoms with Crippen LogP contribution in [-0.4, -0.2) is 9.52 Å². The van der Waals surface area contributed by atoms with Crippen LogP contribution in [0.2, 0.25) is 6.04 Å². The second-order valence-electron chi connectivity index (χ2n) is 2.01. The van der Waals surface area contributed by atoms with Crippen LogP contribution >= 0.6 is 0 Å². The van der Waals surface area contributed by atoms with Crippen molar-refractivity contribution in [2.45, 2.75) is 32.2 Å². The third-order valence-corrected chi connectivity index (χ3v) is 2.32. The zero-order valence-corrected chi connectivity index (χ0v) is 7.03. The van der Waals surface area contributed by atoms with E-state index in [-0.39, 0.29) is 9.52 Å². The summed E-state index contributed by atoms with van der Waals surface area (Å²) in [6.07, 6.45) is 9.18. The molecule has 0 bridgehead atoms. The lowest BCUT2D eigenvalue weighted by molar-refractivity contribution is 0.770. The molecule has 0 nitrogen and oxygen atoms in total. The van der Waals surface area contributed by atoms with E-state index in [1.165, 1.54) is 25.3 Å². The van der Waals surface area contributed by atoms with Crippen LogP contribution in [0.3, 0.4) is 0 Å². The van der Waals surface area contributed by atoms with Crippen LogP contribution in [-0.2, 0) is 0 Å². The van der Waals surface area contributed by atoms with Crippen LogP contribution in [0.15, 0.2) is 0 Å². The molecular formula is C7H14Si. The number of terminal acetylenes is 1. The first-order chi connectivity index (χ1) is 3.91. The molecule has 0 amide bonds. The van der Waals surface area contributed by atoms with Gasteiger partial charge in [0.25, 0.3) is 0 Å². The fraction of sp³-hybridized carbons (Fsp3) is 0.714. The fourth-order valence-corrected chi connectivity index (χ4v) is 1.46. The Balaban J connectivity index is 2.65. The van der Waals surface area contributed by atoms with Gasteiger partial charge in [0.2, 0.25) is 0 Å². The van der Waals surface area contributed by atoms with Gasteiger partial charge in [0.15, 0.2) is 0 Å². The summed E-state index contributed by atoms with van der Waals surface area (Å²) in [7, 11) is -0.0708. The molecule has 46 valence electrons. The smallest absolute Gasteiger partial charge is 0.106 e. The average molecular weight is 126 g/mol. The highest BCUT2D eigenvalue weighted by Crippen LogP contribution is 1.96. The lowest BCUT2D eigenvalue weighted by Gasteiger charge is -1.89. The zero-order chi connectivity index (χ0) is 6.24. The Kier molecular flexibility index (Phi) is 6.59. The molecule has 0 aliphatic heterocycles. The summed E-state index contributed by atoms with van der Waals surface area (Å²) < 4.78 is 0. The molecule has 0 N–H and O–H groups in total. The minimum atomic E-state index is -0.0708. The van der Waals surface area contributed by atoms with Crippen LogP contribution in [0.4, 0.5) is 0 Å². The Morgan fingerprint density at radius 2 is 2.25 bits per heavy atom. The number of hydrogen-bond donors (Lipinski definition) is 0. The Bertz CT molecular complexity index is 70.9. The van der Waals surface area contributed by atoms with Gasteiger partial charge in [-0.15, -0.1) is 12.0 Å². The molecule has 0 saturated heterocycles. The summed E-state index contributed by atoms with van der Waals surface area (Å²) in [5.41, 5.74) is 2.77. The van der Waals surface area contributed by atoms with Crippen molar-refractivity contribution >= 4 is 9.52 Å². The maximum absolute atomic E-state index is 5.12. The molecule has 0 fully saturated rings. The molecule has 0 heterocycles. The van der Waals surface area contributed by atoms with Crippen LogP contribution < -0.4 is 0 Å². The molecule has 0 saturated carbocycles. The van der Waals surface area contributed by atoms with E-state index in [4.69, 9.17) is 6.42 Å². The predicted octanol–water partition coefficient (Wildman–Crippen LogP) is 1.35. The van der Waals surface area contributed by atoms with E-state index in [9.17, 15) is 0 Å². The molecule has 0 aromatic carbocycles. The fourth-order valence-electron chi connectivity index (χ4n) is 0.654. The highest BCUT2D eigenvalue weighted by atomic mass is 28.2. The van der Waals surface area contributed by atoms with Crippen molar-refractivity contribution in [3.05, 3.63) is 0 Å². The summed E-state index contributed by atoms with van der Waals surface area (Å²) in [5, 5.41) is 0. The quantitative estimate of drug-likeness (QED) is 0.303. The van der Waals surface area contributed by atoms with Crippen molar-refractivity contribution in [3.63, 3.8) is 0 Å². The third-order valence-electron chi connectivity index (χ3n) is 1.17. The van der Waals surface area contributed by atoms with Gasteiger partial charge in [0, 0.05) is 0 Å². The van der Waals surface area contributed by atoms with Gasteiger partial charge >= 0.3 is 0 Å². The Morgan fingerprint density at radius 3 is 2.75 bits per heavy atom. The van der Waals surface area contributed by atoms with Crippen LogP contribution in [0.25, 0.3) is 0 Å². The molecule has 0 rings (SSSR count). The molecular weight excluding hydrogens is 112 g/mol. The number of hydrogen-bond acceptors (Lipinski definition) is 0. The molecule has 8 heavy (non-hydrogen) atoms. The van der Waals surface area contributed by atoms with E-state index in [0.29, 0.717) is 0 Å². The first kappa shape index (κ1) is 7.78. The van der Waals surface area contributed by atoms with E-state index < -0.39 is 0 Å². The molecule has 1 heteroatoms. The molecule has 0 radical (unpaired) electrons. The summed E-state index contributed by atoms with van der Waals surface area (Å²) in [5.74, 6) is 0. The Labute approximate surface area is 54.5 Å². The molecule has 0 spiro atoms. The van der Waals surface area contributed by atoms with Crippen molar-refractivity contribution < 1.29 is 0 Å². The van der Waals surface area contributed by atoms with Gasteiger partial charge in [0.1, 0.15) is 9.52 Å². The first-order valence-corrected chi connectivity index (χ1v) is 5.06. The number of unbranched alkanes of at least 4 members (excludes halogenated alkanes) is 2. The third kappa shape index (κ3) is 5.78. The van der Waals surface area contributed by atoms with E-state index >= 15 is 0 Å². The van der Waals surface area contributed by atoms with Crippen LogP contribution in [0.5, 0.6) is 0 Å². The van der Waals surface area contributed by atoms with Crippen LogP contribution in [0.1, 0.15) is 26.2 Å². The summed E-state index contributed by atoms with van der Waals surface area (Å²) >= 11 is 0. The van der Waals surface area contributed by atoms with Crippen molar-refractivity contribution in [2.24, 2.45) is 0 Å². The van der Waals surface area contributed by atoms with Crippen molar-refractivity contribution in [1.82, 2.24) is 0 Å². The second-order valence-corrected chi connectivity index (χ2v) is 3.63. The van der Waals surface area contributed by atoms with E-state index in [2.05, 4.69) is 12.5 Å². The lowest BCUT2D eigenvalue weighted by Crippen LogP contribution is -1.82. The van der Waals surface area contributed by atoms with Gasteiger partial charge in [-0.25, -0.2) is 0 Å². The minimum Gasteiger partial charge on any atom is -0.143 e. The van der Waals surface area contributed by atoms with Gasteiger partial charge in [-0.05, 0) is 0 Å². The largest absolute Gasteiger partial charge is 0.143 e. The normalized spacial score (nSPS) is 10.0. The van der Waals surface area contributed by atoms with Gasteiger partial charge in [-0.1, -0.05) is 32.2 Å². The molecule has 0 aliphatic rings. The van der Waals surface area contributed by atoms with Gasteiger partial charge in [-0.2, -0.15) is 0 Å². The SMILES string of the molecule is C#C[SiH2]CCCCC. The van der Waals surface area contributed by atoms with Crippen molar-refractivity contribution in [3.8, 4) is 12.0 Å². The van der Waals surface area contributed by atoms with Crippen molar-refractivity contribution in [1.29, 1.82) is 0 Å². The van der Waals surface area contributed by atoms with Gasteiger partial charge in [-0.3, -0.25) is 0 Å². The highest BCUT2D eigenvalue weighted by Gasteiger charge is 1.82. The monoisotopic (exact) mass is 126 g/mol.